The summed E-state index contributed by atoms with van der Waals surface area (Å²) in [4.78, 5) is 4.35. The lowest BCUT2D eigenvalue weighted by Crippen LogP contribution is -1.90. The van der Waals surface area contributed by atoms with E-state index in [9.17, 15) is 0 Å². The maximum Gasteiger partial charge on any atom is 0.300 e. The maximum atomic E-state index is 5.71. The number of benzene rings is 2. The molecular weight excluding hydrogens is 374 g/mol. The number of nitrogens with zero attached hydrogens (tertiary/aromatic N) is 1. The van der Waals surface area contributed by atoms with Gasteiger partial charge in [0.1, 0.15) is 5.52 Å². The van der Waals surface area contributed by atoms with Gasteiger partial charge in [-0.2, -0.15) is 4.98 Å². The van der Waals surface area contributed by atoms with Crippen LogP contribution >= 0.6 is 31.9 Å². The minimum atomic E-state index is 0.434. The van der Waals surface area contributed by atoms with Gasteiger partial charge in [0.2, 0.25) is 0 Å². The predicted octanol–water partition coefficient (Wildman–Crippen LogP) is 4.68. The van der Waals surface area contributed by atoms with E-state index in [2.05, 4.69) is 42.2 Å². The van der Waals surface area contributed by atoms with Crippen molar-refractivity contribution in [1.29, 1.82) is 0 Å². The number of nitrogens with two attached hydrogens (primary N) is 1. The van der Waals surface area contributed by atoms with Crippen molar-refractivity contribution < 1.29 is 4.42 Å². The fraction of sp³-hybridized carbons (Fsp3) is 0. The van der Waals surface area contributed by atoms with Gasteiger partial charge in [-0.15, -0.1) is 0 Å². The Kier molecular flexibility index (Phi) is 3.20. The van der Waals surface area contributed by atoms with Gasteiger partial charge in [0.15, 0.2) is 5.58 Å². The Morgan fingerprint density at radius 2 is 1.95 bits per heavy atom. The van der Waals surface area contributed by atoms with Crippen LogP contribution in [0.3, 0.4) is 0 Å². The Morgan fingerprint density at radius 1 is 1.11 bits per heavy atom. The van der Waals surface area contributed by atoms with Crippen LogP contribution in [0.5, 0.6) is 0 Å². The third-order valence-electron chi connectivity index (χ3n) is 2.59. The summed E-state index contributed by atoms with van der Waals surface area (Å²) in [5.41, 5.74) is 8.67. The molecule has 0 aliphatic carbocycles. The van der Waals surface area contributed by atoms with Crippen LogP contribution in [0.2, 0.25) is 0 Å². The second-order valence-electron chi connectivity index (χ2n) is 4.00. The number of nitrogen functional groups attached to an aromatic ring is 1. The fourth-order valence-electron chi connectivity index (χ4n) is 1.70. The maximum absolute atomic E-state index is 5.71. The smallest absolute Gasteiger partial charge is 0.300 e. The van der Waals surface area contributed by atoms with Crippen LogP contribution < -0.4 is 11.1 Å². The lowest BCUT2D eigenvalue weighted by Gasteiger charge is -2.04. The van der Waals surface area contributed by atoms with Gasteiger partial charge in [0.05, 0.1) is 5.69 Å². The Hall–Kier alpha value is -1.53. The lowest BCUT2D eigenvalue weighted by atomic mass is 10.3. The Morgan fingerprint density at radius 3 is 2.74 bits per heavy atom. The van der Waals surface area contributed by atoms with Crippen LogP contribution in [0.1, 0.15) is 0 Å². The second kappa shape index (κ2) is 4.86. The molecule has 0 unspecified atom stereocenters. The first-order chi connectivity index (χ1) is 9.11. The van der Waals surface area contributed by atoms with E-state index in [4.69, 9.17) is 10.2 Å². The number of aromatic nitrogens is 1. The van der Waals surface area contributed by atoms with Gasteiger partial charge < -0.3 is 15.5 Å². The van der Waals surface area contributed by atoms with Crippen LogP contribution in [0.15, 0.2) is 49.8 Å². The summed E-state index contributed by atoms with van der Waals surface area (Å²) in [6.45, 7) is 0. The summed E-state index contributed by atoms with van der Waals surface area (Å²) >= 11 is 6.89. The average Bonchev–Trinajstić information content (AvgIpc) is 2.74. The number of rotatable bonds is 2. The fourth-order valence-corrected chi connectivity index (χ4v) is 2.85. The molecule has 3 N–H and O–H groups in total. The Balaban J connectivity index is 1.96. The number of anilines is 3. The van der Waals surface area contributed by atoms with Crippen LogP contribution in [-0.2, 0) is 0 Å². The molecule has 1 aromatic heterocycles. The summed E-state index contributed by atoms with van der Waals surface area (Å²) in [5.74, 6) is 0. The molecule has 0 atom stereocenters. The Labute approximate surface area is 126 Å². The molecule has 0 radical (unpaired) electrons. The van der Waals surface area contributed by atoms with Gasteiger partial charge >= 0.3 is 0 Å². The van der Waals surface area contributed by atoms with Crippen molar-refractivity contribution in [3.05, 3.63) is 45.3 Å². The van der Waals surface area contributed by atoms with Gasteiger partial charge in [-0.05, 0) is 46.3 Å². The van der Waals surface area contributed by atoms with Crippen LogP contribution in [0, 0.1) is 0 Å². The molecule has 0 saturated heterocycles. The molecule has 0 aliphatic heterocycles. The number of fused-ring (bicyclic) bond motifs is 1. The lowest BCUT2D eigenvalue weighted by molar-refractivity contribution is 0.623. The molecule has 0 saturated carbocycles. The first-order valence-electron chi connectivity index (χ1n) is 5.50. The first-order valence-corrected chi connectivity index (χ1v) is 7.08. The second-order valence-corrected chi connectivity index (χ2v) is 5.77. The SMILES string of the molecule is Nc1ccc2nc(Nc3ccc(Br)cc3Br)oc2c1. The number of hydrogen-bond donors (Lipinski definition) is 2. The summed E-state index contributed by atoms with van der Waals surface area (Å²) in [6.07, 6.45) is 0. The predicted molar refractivity (Wildman–Crippen MR) is 83.5 cm³/mol. The van der Waals surface area contributed by atoms with E-state index in [0.717, 1.165) is 20.1 Å². The normalized spacial score (nSPS) is 10.8. The molecule has 0 aliphatic rings. The highest BCUT2D eigenvalue weighted by molar-refractivity contribution is 9.11. The molecule has 96 valence electrons. The van der Waals surface area contributed by atoms with Gasteiger partial charge in [-0.25, -0.2) is 0 Å². The van der Waals surface area contributed by atoms with Crippen molar-refractivity contribution in [3.63, 3.8) is 0 Å². The van der Waals surface area contributed by atoms with E-state index in [1.165, 1.54) is 0 Å². The van der Waals surface area contributed by atoms with Crippen LogP contribution in [0.4, 0.5) is 17.4 Å². The zero-order valence-electron chi connectivity index (χ0n) is 9.65. The number of nitrogens with one attached hydrogen (secondary N) is 1. The van der Waals surface area contributed by atoms with Gasteiger partial charge in [-0.3, -0.25) is 0 Å². The summed E-state index contributed by atoms with van der Waals surface area (Å²) in [6, 6.07) is 11.6. The summed E-state index contributed by atoms with van der Waals surface area (Å²) < 4.78 is 7.52. The topological polar surface area (TPSA) is 64.1 Å². The highest BCUT2D eigenvalue weighted by Crippen LogP contribution is 2.30. The van der Waals surface area contributed by atoms with E-state index >= 15 is 0 Å². The first kappa shape index (κ1) is 12.5. The van der Waals surface area contributed by atoms with E-state index in [1.807, 2.05) is 24.3 Å². The van der Waals surface area contributed by atoms with Crippen molar-refractivity contribution in [2.45, 2.75) is 0 Å². The molecule has 0 spiro atoms. The number of halogens is 2. The quantitative estimate of drug-likeness (QED) is 0.631. The van der Waals surface area contributed by atoms with E-state index in [-0.39, 0.29) is 0 Å². The van der Waals surface area contributed by atoms with Crippen molar-refractivity contribution >= 4 is 60.3 Å². The van der Waals surface area contributed by atoms with Crippen molar-refractivity contribution in [1.82, 2.24) is 4.98 Å². The minimum absolute atomic E-state index is 0.434. The molecule has 19 heavy (non-hydrogen) atoms. The van der Waals surface area contributed by atoms with E-state index in [1.54, 1.807) is 12.1 Å². The van der Waals surface area contributed by atoms with E-state index in [0.29, 0.717) is 17.3 Å². The molecule has 6 heteroatoms. The molecule has 1 heterocycles. The molecule has 3 rings (SSSR count). The third kappa shape index (κ3) is 2.59. The summed E-state index contributed by atoms with van der Waals surface area (Å²) in [5, 5.41) is 3.12. The molecule has 4 nitrogen and oxygen atoms in total. The third-order valence-corrected chi connectivity index (χ3v) is 3.73. The number of hydrogen-bond acceptors (Lipinski definition) is 4. The average molecular weight is 383 g/mol. The molecule has 3 aromatic rings. The molecule has 0 amide bonds. The minimum Gasteiger partial charge on any atom is -0.423 e. The highest BCUT2D eigenvalue weighted by atomic mass is 79.9. The zero-order valence-corrected chi connectivity index (χ0v) is 12.8. The molecule has 0 fully saturated rings. The van der Waals surface area contributed by atoms with Crippen LogP contribution in [0.25, 0.3) is 11.1 Å². The number of oxazole rings is 1. The van der Waals surface area contributed by atoms with E-state index < -0.39 is 0 Å². The summed E-state index contributed by atoms with van der Waals surface area (Å²) in [7, 11) is 0. The van der Waals surface area contributed by atoms with Gasteiger partial charge in [0.25, 0.3) is 6.01 Å². The molecule has 0 bridgehead atoms. The largest absolute Gasteiger partial charge is 0.423 e. The zero-order chi connectivity index (χ0) is 13.4. The monoisotopic (exact) mass is 381 g/mol. The molecule has 2 aromatic carbocycles. The van der Waals surface area contributed by atoms with Crippen LogP contribution in [-0.4, -0.2) is 4.98 Å². The van der Waals surface area contributed by atoms with Crippen molar-refractivity contribution in [2.75, 3.05) is 11.1 Å². The van der Waals surface area contributed by atoms with Crippen molar-refractivity contribution in [3.8, 4) is 0 Å². The standard InChI is InChI=1S/C13H9Br2N3O/c14-7-1-3-10(9(15)5-7)17-13-18-11-4-2-8(16)6-12(11)19-13/h1-6H,16H2,(H,17,18). The van der Waals surface area contributed by atoms with Gasteiger partial charge in [-0.1, -0.05) is 15.9 Å². The molecular formula is C13H9Br2N3O. The highest BCUT2D eigenvalue weighted by Gasteiger charge is 2.08. The Bertz CT molecular complexity index is 755. The van der Waals surface area contributed by atoms with Crippen molar-refractivity contribution in [2.24, 2.45) is 0 Å². The van der Waals surface area contributed by atoms with Gasteiger partial charge in [0, 0.05) is 20.7 Å².